The number of thiophene rings is 1. The van der Waals surface area contributed by atoms with Crippen LogP contribution < -0.4 is 10.6 Å². The molecule has 0 atom stereocenters. The van der Waals surface area contributed by atoms with Crippen LogP contribution in [0.4, 0.5) is 5.69 Å². The normalized spacial score (nSPS) is 10.7. The third-order valence-electron chi connectivity index (χ3n) is 4.29. The third kappa shape index (κ3) is 3.94. The number of nitrogens with one attached hydrogen (secondary N) is 3. The summed E-state index contributed by atoms with van der Waals surface area (Å²) in [5.41, 5.74) is 3.37. The molecule has 0 saturated heterocycles. The van der Waals surface area contributed by atoms with Crippen molar-refractivity contribution in [3.63, 3.8) is 0 Å². The summed E-state index contributed by atoms with van der Waals surface area (Å²) in [6, 6.07) is 16.5. The largest absolute Gasteiger partial charge is 0.352 e. The average molecular weight is 390 g/mol. The van der Waals surface area contributed by atoms with Crippen LogP contribution in [0.3, 0.4) is 0 Å². The number of fused-ring (bicyclic) bond motifs is 1. The zero-order valence-corrected chi connectivity index (χ0v) is 15.8. The average Bonchev–Trinajstić information content (AvgIpc) is 3.38. The minimum atomic E-state index is -0.239. The van der Waals surface area contributed by atoms with Crippen LogP contribution in [0.2, 0.25) is 0 Å². The number of aromatic nitrogens is 2. The van der Waals surface area contributed by atoms with Crippen molar-refractivity contribution in [2.24, 2.45) is 0 Å². The molecule has 3 N–H and O–H groups in total. The van der Waals surface area contributed by atoms with E-state index in [1.807, 2.05) is 29.6 Å². The van der Waals surface area contributed by atoms with Crippen LogP contribution in [0.25, 0.3) is 11.0 Å². The van der Waals surface area contributed by atoms with Gasteiger partial charge in [0.15, 0.2) is 0 Å². The number of hydrogen-bond acceptors (Lipinski definition) is 4. The highest BCUT2D eigenvalue weighted by Crippen LogP contribution is 2.17. The number of hydrogen-bond donors (Lipinski definition) is 3. The first-order valence-corrected chi connectivity index (χ1v) is 9.79. The van der Waals surface area contributed by atoms with E-state index in [0.29, 0.717) is 29.8 Å². The summed E-state index contributed by atoms with van der Waals surface area (Å²) >= 11 is 1.45. The highest BCUT2D eigenvalue weighted by molar-refractivity contribution is 7.08. The molecule has 6 nitrogen and oxygen atoms in total. The predicted molar refractivity (Wildman–Crippen MR) is 111 cm³/mol. The van der Waals surface area contributed by atoms with E-state index < -0.39 is 0 Å². The molecule has 28 heavy (non-hydrogen) atoms. The highest BCUT2D eigenvalue weighted by Gasteiger charge is 2.14. The Bertz CT molecular complexity index is 1090. The molecule has 2 aromatic heterocycles. The molecule has 0 spiro atoms. The van der Waals surface area contributed by atoms with E-state index in [0.717, 1.165) is 16.9 Å². The minimum Gasteiger partial charge on any atom is -0.352 e. The zero-order chi connectivity index (χ0) is 19.3. The van der Waals surface area contributed by atoms with Crippen molar-refractivity contribution in [3.05, 3.63) is 82.3 Å². The molecule has 0 aliphatic carbocycles. The van der Waals surface area contributed by atoms with Crippen molar-refractivity contribution < 1.29 is 9.59 Å². The van der Waals surface area contributed by atoms with Crippen LogP contribution in [0.5, 0.6) is 0 Å². The van der Waals surface area contributed by atoms with Gasteiger partial charge in [-0.25, -0.2) is 4.98 Å². The summed E-state index contributed by atoms with van der Waals surface area (Å²) in [4.78, 5) is 32.6. The maximum atomic E-state index is 12.6. The SMILES string of the molecule is O=C(Nc1ccccc1C(=O)NCCc1nc2ccccc2[nH]1)c1ccsc1. The molecule has 2 heterocycles. The van der Waals surface area contributed by atoms with Gasteiger partial charge in [-0.3, -0.25) is 9.59 Å². The number of imidazole rings is 1. The molecule has 0 unspecified atom stereocenters. The molecule has 0 fully saturated rings. The van der Waals surface area contributed by atoms with Crippen molar-refractivity contribution >= 4 is 39.9 Å². The van der Waals surface area contributed by atoms with Crippen molar-refractivity contribution in [3.8, 4) is 0 Å². The Morgan fingerprint density at radius 2 is 1.82 bits per heavy atom. The number of benzene rings is 2. The van der Waals surface area contributed by atoms with Crippen molar-refractivity contribution in [1.82, 2.24) is 15.3 Å². The summed E-state index contributed by atoms with van der Waals surface area (Å²) < 4.78 is 0. The fourth-order valence-electron chi connectivity index (χ4n) is 2.89. The standard InChI is InChI=1S/C21H18N4O2S/c26-20(14-10-12-28-13-14)25-16-6-2-1-5-15(16)21(27)22-11-9-19-23-17-7-3-4-8-18(17)24-19/h1-8,10,12-13H,9,11H2,(H,22,27)(H,23,24)(H,25,26). The van der Waals surface area contributed by atoms with Gasteiger partial charge in [0.25, 0.3) is 11.8 Å². The summed E-state index contributed by atoms with van der Waals surface area (Å²) in [6.07, 6.45) is 0.587. The van der Waals surface area contributed by atoms with Crippen molar-refractivity contribution in [2.45, 2.75) is 6.42 Å². The summed E-state index contributed by atoms with van der Waals surface area (Å²) in [7, 11) is 0. The Balaban J connectivity index is 1.39. The molecule has 2 aromatic carbocycles. The van der Waals surface area contributed by atoms with E-state index in [4.69, 9.17) is 0 Å². The highest BCUT2D eigenvalue weighted by atomic mass is 32.1. The molecule has 4 aromatic rings. The lowest BCUT2D eigenvalue weighted by molar-refractivity contribution is 0.0955. The maximum absolute atomic E-state index is 12.6. The molecule has 7 heteroatoms. The van der Waals surface area contributed by atoms with Crippen LogP contribution in [0, 0.1) is 0 Å². The molecular weight excluding hydrogens is 372 g/mol. The Hall–Kier alpha value is -3.45. The van der Waals surface area contributed by atoms with Gasteiger partial charge in [0.2, 0.25) is 0 Å². The molecule has 4 rings (SSSR count). The maximum Gasteiger partial charge on any atom is 0.256 e. The van der Waals surface area contributed by atoms with E-state index >= 15 is 0 Å². The number of anilines is 1. The van der Waals surface area contributed by atoms with Gasteiger partial charge in [-0.1, -0.05) is 24.3 Å². The van der Waals surface area contributed by atoms with Crippen LogP contribution >= 0.6 is 11.3 Å². The molecule has 0 radical (unpaired) electrons. The van der Waals surface area contributed by atoms with Crippen molar-refractivity contribution in [2.75, 3.05) is 11.9 Å². The second-order valence-corrected chi connectivity index (χ2v) is 7.00. The molecule has 2 amide bonds. The first-order valence-electron chi connectivity index (χ1n) is 8.85. The first-order chi connectivity index (χ1) is 13.7. The van der Waals surface area contributed by atoms with Gasteiger partial charge in [0.05, 0.1) is 27.8 Å². The molecular formula is C21H18N4O2S. The Morgan fingerprint density at radius 1 is 1.00 bits per heavy atom. The van der Waals surface area contributed by atoms with Crippen molar-refractivity contribution in [1.29, 1.82) is 0 Å². The Morgan fingerprint density at radius 3 is 2.64 bits per heavy atom. The quantitative estimate of drug-likeness (QED) is 0.467. The van der Waals surface area contributed by atoms with Crippen LogP contribution in [-0.4, -0.2) is 28.3 Å². The monoisotopic (exact) mass is 390 g/mol. The van der Waals surface area contributed by atoms with E-state index in [1.54, 1.807) is 35.7 Å². The van der Waals surface area contributed by atoms with Crippen LogP contribution in [0.1, 0.15) is 26.5 Å². The Kier molecular flexibility index (Phi) is 5.16. The predicted octanol–water partition coefficient (Wildman–Crippen LogP) is 3.85. The fourth-order valence-corrected chi connectivity index (χ4v) is 3.53. The summed E-state index contributed by atoms with van der Waals surface area (Å²) in [6.45, 7) is 0.436. The summed E-state index contributed by atoms with van der Waals surface area (Å²) in [5, 5.41) is 9.31. The van der Waals surface area contributed by atoms with Crippen LogP contribution in [0.15, 0.2) is 65.4 Å². The smallest absolute Gasteiger partial charge is 0.256 e. The second kappa shape index (κ2) is 8.06. The van der Waals surface area contributed by atoms with Crippen LogP contribution in [-0.2, 0) is 6.42 Å². The van der Waals surface area contributed by atoms with Gasteiger partial charge >= 0.3 is 0 Å². The fraction of sp³-hybridized carbons (Fsp3) is 0.0952. The summed E-state index contributed by atoms with van der Waals surface area (Å²) in [5.74, 6) is 0.349. The number of nitrogens with zero attached hydrogens (tertiary/aromatic N) is 1. The number of carbonyl (C=O) groups excluding carboxylic acids is 2. The third-order valence-corrected chi connectivity index (χ3v) is 4.97. The molecule has 0 saturated carbocycles. The molecule has 0 bridgehead atoms. The van der Waals surface area contributed by atoms with Gasteiger partial charge in [-0.05, 0) is 35.7 Å². The van der Waals surface area contributed by atoms with Gasteiger partial charge in [-0.2, -0.15) is 11.3 Å². The lowest BCUT2D eigenvalue weighted by atomic mass is 10.1. The lowest BCUT2D eigenvalue weighted by Crippen LogP contribution is -2.27. The number of amides is 2. The van der Waals surface area contributed by atoms with E-state index in [2.05, 4.69) is 20.6 Å². The molecule has 0 aliphatic rings. The first kappa shape index (κ1) is 17.9. The molecule has 140 valence electrons. The number of para-hydroxylation sites is 3. The van der Waals surface area contributed by atoms with E-state index in [1.165, 1.54) is 11.3 Å². The minimum absolute atomic E-state index is 0.233. The van der Waals surface area contributed by atoms with Gasteiger partial charge in [0, 0.05) is 18.3 Å². The topological polar surface area (TPSA) is 86.9 Å². The van der Waals surface area contributed by atoms with Gasteiger partial charge in [-0.15, -0.1) is 0 Å². The van der Waals surface area contributed by atoms with E-state index in [9.17, 15) is 9.59 Å². The number of aromatic amines is 1. The number of H-pyrrole nitrogens is 1. The van der Waals surface area contributed by atoms with E-state index in [-0.39, 0.29) is 11.8 Å². The molecule has 0 aliphatic heterocycles. The zero-order valence-electron chi connectivity index (χ0n) is 14.9. The number of carbonyl (C=O) groups is 2. The van der Waals surface area contributed by atoms with Gasteiger partial charge in [0.1, 0.15) is 5.82 Å². The number of rotatable bonds is 6. The lowest BCUT2D eigenvalue weighted by Gasteiger charge is -2.11. The van der Waals surface area contributed by atoms with Gasteiger partial charge < -0.3 is 15.6 Å². The second-order valence-electron chi connectivity index (χ2n) is 6.22. The Labute approximate surface area is 165 Å².